The zero-order valence-electron chi connectivity index (χ0n) is 11.2. The van der Waals surface area contributed by atoms with E-state index in [1.807, 2.05) is 26.1 Å². The molecule has 0 aliphatic rings. The summed E-state index contributed by atoms with van der Waals surface area (Å²) in [5.74, 6) is 1.72. The van der Waals surface area contributed by atoms with Crippen molar-refractivity contribution in [2.75, 3.05) is 7.11 Å². The Morgan fingerprint density at radius 1 is 1.56 bits per heavy atom. The fraction of sp³-hybridized carbons (Fsp3) is 0.462. The summed E-state index contributed by atoms with van der Waals surface area (Å²) in [6.45, 7) is 4.75. The molecule has 2 aromatic heterocycles. The number of aromatic nitrogens is 2. The SMILES string of the molecule is COc1c(CN[C@@H](C)c2ccco2)c(C)nn1C. The average Bonchev–Trinajstić information content (AvgIpc) is 2.94. The van der Waals surface area contributed by atoms with Crippen molar-refractivity contribution in [2.24, 2.45) is 7.05 Å². The summed E-state index contributed by atoms with van der Waals surface area (Å²) < 4.78 is 12.5. The van der Waals surface area contributed by atoms with Gasteiger partial charge in [-0.3, -0.25) is 0 Å². The van der Waals surface area contributed by atoms with E-state index in [2.05, 4.69) is 17.3 Å². The van der Waals surface area contributed by atoms with E-state index in [9.17, 15) is 0 Å². The molecule has 98 valence electrons. The summed E-state index contributed by atoms with van der Waals surface area (Å²) in [6.07, 6.45) is 1.68. The van der Waals surface area contributed by atoms with Crippen molar-refractivity contribution >= 4 is 0 Å². The maximum Gasteiger partial charge on any atom is 0.216 e. The molecule has 2 heterocycles. The molecule has 0 unspecified atom stereocenters. The van der Waals surface area contributed by atoms with Crippen LogP contribution in [0.2, 0.25) is 0 Å². The average molecular weight is 249 g/mol. The number of hydrogen-bond donors (Lipinski definition) is 1. The molecule has 18 heavy (non-hydrogen) atoms. The van der Waals surface area contributed by atoms with Crippen LogP contribution in [0.25, 0.3) is 0 Å². The predicted octanol–water partition coefficient (Wildman–Crippen LogP) is 2.18. The molecule has 0 spiro atoms. The van der Waals surface area contributed by atoms with Crippen molar-refractivity contribution < 1.29 is 9.15 Å². The lowest BCUT2D eigenvalue weighted by atomic mass is 10.2. The molecule has 1 atom stereocenters. The first kappa shape index (κ1) is 12.7. The molecule has 1 N–H and O–H groups in total. The Bertz CT molecular complexity index is 503. The summed E-state index contributed by atoms with van der Waals surface area (Å²) in [4.78, 5) is 0. The molecule has 0 amide bonds. The van der Waals surface area contributed by atoms with Gasteiger partial charge in [-0.25, -0.2) is 4.68 Å². The molecule has 0 radical (unpaired) electrons. The zero-order valence-corrected chi connectivity index (χ0v) is 11.2. The van der Waals surface area contributed by atoms with Crippen molar-refractivity contribution in [3.63, 3.8) is 0 Å². The third kappa shape index (κ3) is 2.41. The molecular weight excluding hydrogens is 230 g/mol. The van der Waals surface area contributed by atoms with E-state index in [0.29, 0.717) is 6.54 Å². The highest BCUT2D eigenvalue weighted by Crippen LogP contribution is 2.22. The van der Waals surface area contributed by atoms with Crippen LogP contribution >= 0.6 is 0 Å². The first-order chi connectivity index (χ1) is 8.63. The summed E-state index contributed by atoms with van der Waals surface area (Å²) in [6, 6.07) is 4.01. The van der Waals surface area contributed by atoms with Crippen LogP contribution in [0.4, 0.5) is 0 Å². The highest BCUT2D eigenvalue weighted by atomic mass is 16.5. The second-order valence-corrected chi connectivity index (χ2v) is 4.31. The largest absolute Gasteiger partial charge is 0.481 e. The van der Waals surface area contributed by atoms with Gasteiger partial charge in [0.1, 0.15) is 5.76 Å². The van der Waals surface area contributed by atoms with Crippen LogP contribution in [0.5, 0.6) is 5.88 Å². The van der Waals surface area contributed by atoms with Gasteiger partial charge in [-0.15, -0.1) is 0 Å². The number of furan rings is 1. The van der Waals surface area contributed by atoms with Crippen molar-refractivity contribution in [1.82, 2.24) is 15.1 Å². The van der Waals surface area contributed by atoms with Crippen LogP contribution < -0.4 is 10.1 Å². The van der Waals surface area contributed by atoms with Crippen LogP contribution in [0, 0.1) is 6.92 Å². The molecule has 0 saturated carbocycles. The molecule has 0 aliphatic heterocycles. The van der Waals surface area contributed by atoms with Gasteiger partial charge in [0.05, 0.1) is 30.7 Å². The summed E-state index contributed by atoms with van der Waals surface area (Å²) in [7, 11) is 3.54. The minimum Gasteiger partial charge on any atom is -0.481 e. The number of hydrogen-bond acceptors (Lipinski definition) is 4. The quantitative estimate of drug-likeness (QED) is 0.882. The number of methoxy groups -OCH3 is 1. The van der Waals surface area contributed by atoms with Crippen LogP contribution in [0.3, 0.4) is 0 Å². The van der Waals surface area contributed by atoms with Crippen molar-refractivity contribution in [3.05, 3.63) is 35.4 Å². The standard InChI is InChI=1S/C13H19N3O2/c1-9-11(13(17-4)16(3)15-9)8-14-10(2)12-6-5-7-18-12/h5-7,10,14H,8H2,1-4H3/t10-/m0/s1. The van der Waals surface area contributed by atoms with E-state index in [-0.39, 0.29) is 6.04 Å². The fourth-order valence-electron chi connectivity index (χ4n) is 2.03. The van der Waals surface area contributed by atoms with Gasteiger partial charge in [-0.05, 0) is 26.0 Å². The highest BCUT2D eigenvalue weighted by Gasteiger charge is 2.15. The lowest BCUT2D eigenvalue weighted by Crippen LogP contribution is -2.18. The first-order valence-electron chi connectivity index (χ1n) is 5.96. The third-order valence-corrected chi connectivity index (χ3v) is 3.04. The zero-order chi connectivity index (χ0) is 13.1. The van der Waals surface area contributed by atoms with Gasteiger partial charge >= 0.3 is 0 Å². The molecule has 2 aromatic rings. The fourth-order valence-corrected chi connectivity index (χ4v) is 2.03. The number of nitrogens with zero attached hydrogens (tertiary/aromatic N) is 2. The number of aryl methyl sites for hydroxylation is 2. The number of rotatable bonds is 5. The Labute approximate surface area is 107 Å². The van der Waals surface area contributed by atoms with Gasteiger partial charge in [0, 0.05) is 13.6 Å². The molecule has 0 saturated heterocycles. The second kappa shape index (κ2) is 5.27. The molecule has 5 heteroatoms. The van der Waals surface area contributed by atoms with Gasteiger partial charge in [0.2, 0.25) is 5.88 Å². The van der Waals surface area contributed by atoms with Crippen molar-refractivity contribution in [1.29, 1.82) is 0 Å². The van der Waals surface area contributed by atoms with E-state index in [1.54, 1.807) is 18.1 Å². The maximum atomic E-state index is 5.36. The first-order valence-corrected chi connectivity index (χ1v) is 5.96. The third-order valence-electron chi connectivity index (χ3n) is 3.04. The molecule has 5 nitrogen and oxygen atoms in total. The monoisotopic (exact) mass is 249 g/mol. The Balaban J connectivity index is 2.06. The minimum absolute atomic E-state index is 0.157. The van der Waals surface area contributed by atoms with E-state index in [4.69, 9.17) is 9.15 Å². The minimum atomic E-state index is 0.157. The Kier molecular flexibility index (Phi) is 3.72. The summed E-state index contributed by atoms with van der Waals surface area (Å²) in [5.41, 5.74) is 2.06. The van der Waals surface area contributed by atoms with Crippen LogP contribution in [-0.2, 0) is 13.6 Å². The van der Waals surface area contributed by atoms with Crippen molar-refractivity contribution in [3.8, 4) is 5.88 Å². The summed E-state index contributed by atoms with van der Waals surface area (Å²) >= 11 is 0. The van der Waals surface area contributed by atoms with Crippen LogP contribution in [-0.4, -0.2) is 16.9 Å². The molecule has 0 bridgehead atoms. The van der Waals surface area contributed by atoms with Crippen molar-refractivity contribution in [2.45, 2.75) is 26.4 Å². The number of nitrogens with one attached hydrogen (secondary N) is 1. The van der Waals surface area contributed by atoms with Gasteiger partial charge in [0.15, 0.2) is 0 Å². The van der Waals surface area contributed by atoms with E-state index < -0.39 is 0 Å². The van der Waals surface area contributed by atoms with Gasteiger partial charge in [-0.1, -0.05) is 0 Å². The number of ether oxygens (including phenoxy) is 1. The van der Waals surface area contributed by atoms with Crippen LogP contribution in [0.1, 0.15) is 30.0 Å². The van der Waals surface area contributed by atoms with Gasteiger partial charge < -0.3 is 14.5 Å². The molecule has 0 aliphatic carbocycles. The van der Waals surface area contributed by atoms with E-state index in [1.165, 1.54) is 0 Å². The van der Waals surface area contributed by atoms with Crippen LogP contribution in [0.15, 0.2) is 22.8 Å². The molecule has 2 rings (SSSR count). The smallest absolute Gasteiger partial charge is 0.216 e. The normalized spacial score (nSPS) is 12.7. The Morgan fingerprint density at radius 2 is 2.33 bits per heavy atom. The highest BCUT2D eigenvalue weighted by molar-refractivity contribution is 5.30. The van der Waals surface area contributed by atoms with Gasteiger partial charge in [0.25, 0.3) is 0 Å². The topological polar surface area (TPSA) is 52.2 Å². The Morgan fingerprint density at radius 3 is 2.94 bits per heavy atom. The predicted molar refractivity (Wildman–Crippen MR) is 68.5 cm³/mol. The molecule has 0 fully saturated rings. The lowest BCUT2D eigenvalue weighted by molar-refractivity contribution is 0.365. The second-order valence-electron chi connectivity index (χ2n) is 4.31. The lowest BCUT2D eigenvalue weighted by Gasteiger charge is -2.11. The molecule has 0 aromatic carbocycles. The maximum absolute atomic E-state index is 5.36. The van der Waals surface area contributed by atoms with E-state index in [0.717, 1.165) is 22.9 Å². The Hall–Kier alpha value is -1.75. The molecular formula is C13H19N3O2. The van der Waals surface area contributed by atoms with Gasteiger partial charge in [-0.2, -0.15) is 5.10 Å². The van der Waals surface area contributed by atoms with E-state index >= 15 is 0 Å². The summed E-state index contributed by atoms with van der Waals surface area (Å²) in [5, 5.41) is 7.75.